The fraction of sp³-hybridized carbons (Fsp3) is 0.250. The fourth-order valence-corrected chi connectivity index (χ4v) is 3.35. The number of ether oxygens (including phenoxy) is 3. The highest BCUT2D eigenvalue weighted by Gasteiger charge is 2.32. The predicted molar refractivity (Wildman–Crippen MR) is 94.6 cm³/mol. The lowest BCUT2D eigenvalue weighted by atomic mass is 9.98. The van der Waals surface area contributed by atoms with Crippen LogP contribution in [0.3, 0.4) is 0 Å². The van der Waals surface area contributed by atoms with E-state index in [2.05, 4.69) is 11.4 Å². The Morgan fingerprint density at radius 3 is 2.72 bits per heavy atom. The molecule has 0 fully saturated rings. The number of carbonyl (C=O) groups excluding carboxylic acids is 1. The second-order valence-corrected chi connectivity index (χ2v) is 6.09. The zero-order chi connectivity index (χ0) is 17.4. The molecule has 4 rings (SSSR count). The van der Waals surface area contributed by atoms with Gasteiger partial charge in [-0.3, -0.25) is 4.79 Å². The number of fused-ring (bicyclic) bond motifs is 2. The van der Waals surface area contributed by atoms with E-state index in [-0.39, 0.29) is 12.2 Å². The lowest BCUT2D eigenvalue weighted by molar-refractivity contribution is -0.110. The largest absolute Gasteiger partial charge is 0.487 e. The van der Waals surface area contributed by atoms with Gasteiger partial charge in [0.2, 0.25) is 0 Å². The summed E-state index contributed by atoms with van der Waals surface area (Å²) in [4.78, 5) is 12.4. The molecule has 1 N–H and O–H groups in total. The van der Waals surface area contributed by atoms with Crippen molar-refractivity contribution in [1.29, 1.82) is 0 Å². The molecule has 2 aromatic rings. The van der Waals surface area contributed by atoms with E-state index in [1.807, 2.05) is 36.4 Å². The Kier molecular flexibility index (Phi) is 4.03. The molecule has 128 valence electrons. The third kappa shape index (κ3) is 2.71. The van der Waals surface area contributed by atoms with Crippen LogP contribution in [-0.2, 0) is 32.0 Å². The van der Waals surface area contributed by atoms with Gasteiger partial charge in [-0.2, -0.15) is 0 Å². The van der Waals surface area contributed by atoms with Gasteiger partial charge in [-0.05, 0) is 11.6 Å². The van der Waals surface area contributed by atoms with Crippen LogP contribution >= 0.6 is 0 Å². The summed E-state index contributed by atoms with van der Waals surface area (Å²) in [7, 11) is 3.26. The number of nitrogens with one attached hydrogen (secondary N) is 1. The number of methoxy groups -OCH3 is 2. The van der Waals surface area contributed by atoms with E-state index in [1.54, 1.807) is 14.2 Å². The summed E-state index contributed by atoms with van der Waals surface area (Å²) in [6.45, 7) is 0.460. The maximum atomic E-state index is 12.4. The molecule has 0 bridgehead atoms. The first-order chi connectivity index (χ1) is 12.2. The molecule has 0 radical (unpaired) electrons. The molecular weight excluding hydrogens is 318 g/mol. The van der Waals surface area contributed by atoms with E-state index in [4.69, 9.17) is 14.2 Å². The van der Waals surface area contributed by atoms with Gasteiger partial charge >= 0.3 is 0 Å². The van der Waals surface area contributed by atoms with Crippen LogP contribution in [-0.4, -0.2) is 26.4 Å². The summed E-state index contributed by atoms with van der Waals surface area (Å²) in [6.07, 6.45) is 0.390. The first-order valence-electron chi connectivity index (χ1n) is 8.17. The molecule has 0 aliphatic carbocycles. The summed E-state index contributed by atoms with van der Waals surface area (Å²) in [5.41, 5.74) is 5.47. The van der Waals surface area contributed by atoms with E-state index >= 15 is 0 Å². The molecule has 0 spiro atoms. The van der Waals surface area contributed by atoms with Crippen molar-refractivity contribution >= 4 is 22.9 Å². The van der Waals surface area contributed by atoms with Crippen LogP contribution in [0.4, 0.5) is 5.69 Å². The molecule has 25 heavy (non-hydrogen) atoms. The molecule has 2 heterocycles. The Labute approximate surface area is 146 Å². The maximum Gasteiger partial charge on any atom is 0.260 e. The number of rotatable bonds is 4. The molecule has 2 aliphatic heterocycles. The summed E-state index contributed by atoms with van der Waals surface area (Å²) < 4.78 is 16.4. The first-order valence-corrected chi connectivity index (χ1v) is 8.17. The zero-order valence-corrected chi connectivity index (χ0v) is 14.2. The van der Waals surface area contributed by atoms with E-state index in [9.17, 15) is 4.79 Å². The first kappa shape index (κ1) is 15.9. The second-order valence-electron chi connectivity index (χ2n) is 6.09. The molecule has 1 amide bonds. The Bertz CT molecular complexity index is 868. The van der Waals surface area contributed by atoms with Gasteiger partial charge in [0.15, 0.2) is 6.29 Å². The third-order valence-corrected chi connectivity index (χ3v) is 4.61. The molecule has 0 atom stereocenters. The highest BCUT2D eigenvalue weighted by atomic mass is 16.7. The number of benzene rings is 2. The Balaban J connectivity index is 1.72. The number of hydrogen-bond acceptors (Lipinski definition) is 4. The molecule has 5 heteroatoms. The van der Waals surface area contributed by atoms with Crippen LogP contribution in [0.5, 0.6) is 0 Å². The van der Waals surface area contributed by atoms with Crippen LogP contribution in [0, 0.1) is 0 Å². The van der Waals surface area contributed by atoms with Gasteiger partial charge in [0.25, 0.3) is 5.91 Å². The van der Waals surface area contributed by atoms with E-state index in [0.29, 0.717) is 24.4 Å². The molecule has 2 aliphatic rings. The van der Waals surface area contributed by atoms with Crippen LogP contribution in [0.2, 0.25) is 0 Å². The summed E-state index contributed by atoms with van der Waals surface area (Å²) in [5, 5.41) is 2.90. The summed E-state index contributed by atoms with van der Waals surface area (Å²) >= 11 is 0. The van der Waals surface area contributed by atoms with Gasteiger partial charge in [0.05, 0.1) is 5.57 Å². The number of para-hydroxylation sites is 1. The van der Waals surface area contributed by atoms with Gasteiger partial charge < -0.3 is 19.5 Å². The van der Waals surface area contributed by atoms with Gasteiger partial charge in [-0.15, -0.1) is 0 Å². The zero-order valence-electron chi connectivity index (χ0n) is 14.2. The van der Waals surface area contributed by atoms with Gasteiger partial charge in [0, 0.05) is 43.0 Å². The minimum atomic E-state index is -0.273. The van der Waals surface area contributed by atoms with Crippen molar-refractivity contribution in [2.24, 2.45) is 0 Å². The minimum Gasteiger partial charge on any atom is -0.487 e. The van der Waals surface area contributed by atoms with Crippen LogP contribution in [0.25, 0.3) is 11.3 Å². The van der Waals surface area contributed by atoms with Gasteiger partial charge in [-0.1, -0.05) is 36.4 Å². The minimum absolute atomic E-state index is 0.119. The highest BCUT2D eigenvalue weighted by Crippen LogP contribution is 2.41. The number of amides is 1. The monoisotopic (exact) mass is 337 g/mol. The van der Waals surface area contributed by atoms with Gasteiger partial charge in [-0.25, -0.2) is 0 Å². The number of anilines is 1. The average Bonchev–Trinajstić information content (AvgIpc) is 3.18. The van der Waals surface area contributed by atoms with Crippen LogP contribution < -0.4 is 5.32 Å². The maximum absolute atomic E-state index is 12.4. The van der Waals surface area contributed by atoms with E-state index in [0.717, 1.165) is 27.9 Å². The number of hydrogen-bond donors (Lipinski definition) is 1. The smallest absolute Gasteiger partial charge is 0.260 e. The second kappa shape index (κ2) is 6.35. The van der Waals surface area contributed by atoms with Crippen molar-refractivity contribution in [3.8, 4) is 0 Å². The summed E-state index contributed by atoms with van der Waals surface area (Å²) in [6, 6.07) is 13.8. The lowest BCUT2D eigenvalue weighted by Gasteiger charge is -2.13. The van der Waals surface area contributed by atoms with Crippen molar-refractivity contribution in [3.63, 3.8) is 0 Å². The van der Waals surface area contributed by atoms with Crippen molar-refractivity contribution < 1.29 is 19.0 Å². The highest BCUT2D eigenvalue weighted by molar-refractivity contribution is 6.36. The van der Waals surface area contributed by atoms with Gasteiger partial charge in [0.1, 0.15) is 12.4 Å². The Morgan fingerprint density at radius 1 is 1.12 bits per heavy atom. The van der Waals surface area contributed by atoms with E-state index in [1.165, 1.54) is 0 Å². The molecule has 0 aromatic heterocycles. The van der Waals surface area contributed by atoms with Crippen LogP contribution in [0.1, 0.15) is 22.3 Å². The topological polar surface area (TPSA) is 56.8 Å². The summed E-state index contributed by atoms with van der Waals surface area (Å²) in [5.74, 6) is 0.533. The average molecular weight is 337 g/mol. The molecule has 0 saturated heterocycles. The van der Waals surface area contributed by atoms with Crippen molar-refractivity contribution in [3.05, 3.63) is 64.7 Å². The lowest BCUT2D eigenvalue weighted by Crippen LogP contribution is -2.16. The third-order valence-electron chi connectivity index (χ3n) is 4.61. The Morgan fingerprint density at radius 2 is 1.92 bits per heavy atom. The number of carbonyl (C=O) groups is 1. The van der Waals surface area contributed by atoms with Crippen molar-refractivity contribution in [2.45, 2.75) is 19.3 Å². The normalized spacial score (nSPS) is 18.1. The molecule has 2 aromatic carbocycles. The van der Waals surface area contributed by atoms with E-state index < -0.39 is 0 Å². The fourth-order valence-electron chi connectivity index (χ4n) is 3.35. The SMILES string of the molecule is COC(Cc1ccc2c(c1)CO/C2=C1/C(=O)Nc2ccccc21)OC. The molecule has 5 nitrogen and oxygen atoms in total. The Hall–Kier alpha value is -2.63. The predicted octanol–water partition coefficient (Wildman–Crippen LogP) is 3.20. The van der Waals surface area contributed by atoms with Crippen molar-refractivity contribution in [2.75, 3.05) is 19.5 Å². The molecule has 0 saturated carbocycles. The molecule has 0 unspecified atom stereocenters. The van der Waals surface area contributed by atoms with Crippen molar-refractivity contribution in [1.82, 2.24) is 0 Å². The quantitative estimate of drug-likeness (QED) is 0.688. The van der Waals surface area contributed by atoms with Crippen LogP contribution in [0.15, 0.2) is 42.5 Å². The molecular formula is C20H19NO4. The standard InChI is InChI=1S/C20H19NO4/c1-23-17(24-2)10-12-7-8-14-13(9-12)11-25-19(14)18-15-5-3-4-6-16(15)21-20(18)22/h3-9,17H,10-11H2,1-2H3,(H,21,22)/b19-18+.